The van der Waals surface area contributed by atoms with Gasteiger partial charge in [-0.2, -0.15) is 4.98 Å². The van der Waals surface area contributed by atoms with Crippen molar-refractivity contribution in [1.82, 2.24) is 24.8 Å². The van der Waals surface area contributed by atoms with Crippen LogP contribution >= 0.6 is 0 Å². The molecule has 0 aromatic carbocycles. The molecule has 1 saturated heterocycles. The Kier molecular flexibility index (Phi) is 5.27. The number of nitrogens with zero attached hydrogens (tertiary/aromatic N) is 5. The lowest BCUT2D eigenvalue weighted by atomic mass is 10.3. The van der Waals surface area contributed by atoms with Crippen LogP contribution in [-0.2, 0) is 11.3 Å². The second kappa shape index (κ2) is 7.59. The largest absolute Gasteiger partial charge is 0.461 e. The van der Waals surface area contributed by atoms with Gasteiger partial charge in [-0.3, -0.25) is 14.6 Å². The minimum atomic E-state index is 0.142. The summed E-state index contributed by atoms with van der Waals surface area (Å²) in [5.74, 6) is 1.81. The molecule has 0 N–H and O–H groups in total. The smallest absolute Gasteiger partial charge is 0.241 e. The summed E-state index contributed by atoms with van der Waals surface area (Å²) in [7, 11) is 3.58. The quantitative estimate of drug-likeness (QED) is 0.805. The van der Waals surface area contributed by atoms with Gasteiger partial charge >= 0.3 is 0 Å². The van der Waals surface area contributed by atoms with Gasteiger partial charge in [0.25, 0.3) is 0 Å². The van der Waals surface area contributed by atoms with E-state index in [1.165, 1.54) is 0 Å². The Bertz CT molecular complexity index is 652. The van der Waals surface area contributed by atoms with E-state index in [0.29, 0.717) is 30.6 Å². The molecule has 3 rings (SSSR count). The molecule has 130 valence electrons. The number of aromatic nitrogens is 2. The van der Waals surface area contributed by atoms with Crippen molar-refractivity contribution >= 4 is 5.91 Å². The molecule has 1 amide bonds. The molecule has 1 aliphatic rings. The van der Waals surface area contributed by atoms with Gasteiger partial charge in [0.15, 0.2) is 5.76 Å². The highest BCUT2D eigenvalue weighted by atomic mass is 16.5. The average Bonchev–Trinajstić information content (AvgIpc) is 3.18. The third-order valence-electron chi connectivity index (χ3n) is 4.11. The first kappa shape index (κ1) is 16.7. The van der Waals surface area contributed by atoms with Crippen molar-refractivity contribution in [2.45, 2.75) is 13.0 Å². The summed E-state index contributed by atoms with van der Waals surface area (Å²) in [5.41, 5.74) is 0. The zero-order chi connectivity index (χ0) is 16.9. The molecule has 0 radical (unpaired) electrons. The highest BCUT2D eigenvalue weighted by Crippen LogP contribution is 2.16. The predicted molar refractivity (Wildman–Crippen MR) is 87.0 cm³/mol. The second-order valence-corrected chi connectivity index (χ2v) is 6.18. The van der Waals surface area contributed by atoms with Gasteiger partial charge in [0, 0.05) is 27.2 Å². The molecule has 24 heavy (non-hydrogen) atoms. The maximum atomic E-state index is 11.8. The maximum Gasteiger partial charge on any atom is 0.241 e. The summed E-state index contributed by atoms with van der Waals surface area (Å²) >= 11 is 0. The van der Waals surface area contributed by atoms with Gasteiger partial charge in [-0.05, 0) is 31.6 Å². The van der Waals surface area contributed by atoms with E-state index in [1.807, 2.05) is 0 Å². The lowest BCUT2D eigenvalue weighted by Gasteiger charge is -2.22. The van der Waals surface area contributed by atoms with Crippen molar-refractivity contribution in [2.24, 2.45) is 0 Å². The molecule has 8 nitrogen and oxygen atoms in total. The van der Waals surface area contributed by atoms with Crippen LogP contribution in [0.25, 0.3) is 11.6 Å². The topological polar surface area (TPSA) is 78.9 Å². The van der Waals surface area contributed by atoms with Crippen LogP contribution in [0.1, 0.15) is 12.3 Å². The molecule has 2 aromatic rings. The second-order valence-electron chi connectivity index (χ2n) is 6.18. The molecule has 0 saturated carbocycles. The number of hydrogen-bond acceptors (Lipinski definition) is 7. The molecule has 0 spiro atoms. The molecule has 0 atom stereocenters. The maximum absolute atomic E-state index is 11.8. The number of carbonyl (C=O) groups is 1. The van der Waals surface area contributed by atoms with Crippen molar-refractivity contribution in [3.8, 4) is 11.6 Å². The molecule has 1 fully saturated rings. The summed E-state index contributed by atoms with van der Waals surface area (Å²) in [5, 5.41) is 3.95. The fourth-order valence-corrected chi connectivity index (χ4v) is 2.69. The summed E-state index contributed by atoms with van der Waals surface area (Å²) in [4.78, 5) is 22.3. The van der Waals surface area contributed by atoms with Crippen molar-refractivity contribution in [3.63, 3.8) is 0 Å². The molecular formula is C16H23N5O3. The SMILES string of the molecule is CN(C)C(=O)CN1CCCN(Cc2nc(-c3ccco3)no2)CC1. The van der Waals surface area contributed by atoms with Gasteiger partial charge in [-0.15, -0.1) is 0 Å². The number of furan rings is 1. The average molecular weight is 333 g/mol. The van der Waals surface area contributed by atoms with Crippen LogP contribution in [0.5, 0.6) is 0 Å². The Morgan fingerprint density at radius 3 is 2.79 bits per heavy atom. The molecule has 0 unspecified atom stereocenters. The minimum Gasteiger partial charge on any atom is -0.461 e. The van der Waals surface area contributed by atoms with Crippen LogP contribution in [0.2, 0.25) is 0 Å². The Balaban J connectivity index is 1.52. The highest BCUT2D eigenvalue weighted by molar-refractivity contribution is 5.77. The van der Waals surface area contributed by atoms with Gasteiger partial charge in [-0.1, -0.05) is 5.16 Å². The van der Waals surface area contributed by atoms with E-state index in [4.69, 9.17) is 8.94 Å². The molecule has 3 heterocycles. The van der Waals surface area contributed by atoms with Gasteiger partial charge in [-0.25, -0.2) is 0 Å². The van der Waals surface area contributed by atoms with Crippen LogP contribution in [0.4, 0.5) is 0 Å². The van der Waals surface area contributed by atoms with Crippen molar-refractivity contribution in [2.75, 3.05) is 46.8 Å². The lowest BCUT2D eigenvalue weighted by Crippen LogP contribution is -2.38. The van der Waals surface area contributed by atoms with Gasteiger partial charge in [0.05, 0.1) is 19.4 Å². The first-order valence-electron chi connectivity index (χ1n) is 8.13. The lowest BCUT2D eigenvalue weighted by molar-refractivity contribution is -0.129. The minimum absolute atomic E-state index is 0.142. The van der Waals surface area contributed by atoms with E-state index in [1.54, 1.807) is 37.4 Å². The zero-order valence-corrected chi connectivity index (χ0v) is 14.1. The fourth-order valence-electron chi connectivity index (χ4n) is 2.69. The van der Waals surface area contributed by atoms with Crippen LogP contribution in [0.3, 0.4) is 0 Å². The molecular weight excluding hydrogens is 310 g/mol. The van der Waals surface area contributed by atoms with Gasteiger partial charge in [0.2, 0.25) is 17.6 Å². The van der Waals surface area contributed by atoms with Crippen LogP contribution in [-0.4, -0.2) is 77.6 Å². The van der Waals surface area contributed by atoms with E-state index in [2.05, 4.69) is 19.9 Å². The normalized spacial score (nSPS) is 16.9. The molecule has 2 aromatic heterocycles. The number of rotatable bonds is 5. The Morgan fingerprint density at radius 2 is 2.04 bits per heavy atom. The van der Waals surface area contributed by atoms with Gasteiger partial charge < -0.3 is 13.8 Å². The molecule has 0 bridgehead atoms. The predicted octanol–water partition coefficient (Wildman–Crippen LogP) is 0.925. The standard InChI is InChI=1S/C16H23N5O3/c1-19(2)15(22)12-21-7-4-6-20(8-9-21)11-14-17-16(18-24-14)13-5-3-10-23-13/h3,5,10H,4,6-9,11-12H2,1-2H3. The van der Waals surface area contributed by atoms with Crippen molar-refractivity contribution in [1.29, 1.82) is 0 Å². The van der Waals surface area contributed by atoms with Crippen LogP contribution in [0, 0.1) is 0 Å². The van der Waals surface area contributed by atoms with Crippen molar-refractivity contribution < 1.29 is 13.7 Å². The van der Waals surface area contributed by atoms with E-state index in [-0.39, 0.29) is 5.91 Å². The number of carbonyl (C=O) groups excluding carboxylic acids is 1. The Labute approximate surface area is 141 Å². The summed E-state index contributed by atoms with van der Waals surface area (Å²) < 4.78 is 10.6. The molecule has 0 aliphatic carbocycles. The number of hydrogen-bond donors (Lipinski definition) is 0. The van der Waals surface area contributed by atoms with E-state index >= 15 is 0 Å². The number of likely N-dealkylation sites (N-methyl/N-ethyl adjacent to an activating group) is 1. The third kappa shape index (κ3) is 4.21. The fraction of sp³-hybridized carbons (Fsp3) is 0.562. The Morgan fingerprint density at radius 1 is 1.25 bits per heavy atom. The summed E-state index contributed by atoms with van der Waals surface area (Å²) in [6.45, 7) is 4.70. The first-order chi connectivity index (χ1) is 11.6. The van der Waals surface area contributed by atoms with E-state index in [0.717, 1.165) is 32.6 Å². The van der Waals surface area contributed by atoms with Gasteiger partial charge in [0.1, 0.15) is 0 Å². The van der Waals surface area contributed by atoms with Crippen LogP contribution in [0.15, 0.2) is 27.3 Å². The summed E-state index contributed by atoms with van der Waals surface area (Å²) in [6, 6.07) is 3.60. The zero-order valence-electron chi connectivity index (χ0n) is 14.1. The first-order valence-corrected chi connectivity index (χ1v) is 8.13. The van der Waals surface area contributed by atoms with Crippen LogP contribution < -0.4 is 0 Å². The number of amides is 1. The molecule has 1 aliphatic heterocycles. The highest BCUT2D eigenvalue weighted by Gasteiger charge is 2.20. The third-order valence-corrected chi connectivity index (χ3v) is 4.11. The summed E-state index contributed by atoms with van der Waals surface area (Å²) in [6.07, 6.45) is 2.60. The van der Waals surface area contributed by atoms with Crippen molar-refractivity contribution in [3.05, 3.63) is 24.3 Å². The molecule has 8 heteroatoms. The Hall–Kier alpha value is -2.19. The monoisotopic (exact) mass is 333 g/mol. The van der Waals surface area contributed by atoms with E-state index in [9.17, 15) is 4.79 Å². The van der Waals surface area contributed by atoms with E-state index < -0.39 is 0 Å².